The number of quaternary nitrogens is 1. The molecule has 0 fully saturated rings. The number of hydrogen-bond donors (Lipinski definition) is 3. The highest BCUT2D eigenvalue weighted by Gasteiger charge is 2.28. The molecular formula is C80H138N2O6P+. The SMILES string of the molecule is CC/C=C\C/C=C\C/C=C\C/C=C\C/C=C\C/C=C\C/C=C\C/C=C\C/C=C\C/C=C\C/C=C\CCCCCCCCCC(=O)NC(COP(=O)(O)OCC[N+](C)(C)C)C(O)/C=C/CC/C=C/CCCCCCCCCCCCCCCCCCCCCC. The third kappa shape index (κ3) is 71.4. The van der Waals surface area contributed by atoms with E-state index in [4.69, 9.17) is 9.05 Å². The Morgan fingerprint density at radius 3 is 1.03 bits per heavy atom. The lowest BCUT2D eigenvalue weighted by Gasteiger charge is -2.25. The number of nitrogens with one attached hydrogen (secondary N) is 1. The van der Waals surface area contributed by atoms with Gasteiger partial charge in [0.25, 0.3) is 0 Å². The van der Waals surface area contributed by atoms with Gasteiger partial charge >= 0.3 is 7.82 Å². The van der Waals surface area contributed by atoms with Crippen LogP contribution in [0.15, 0.2) is 158 Å². The first-order valence-electron chi connectivity index (χ1n) is 36.4. The predicted octanol–water partition coefficient (Wildman–Crippen LogP) is 23.7. The number of hydrogen-bond acceptors (Lipinski definition) is 5. The molecule has 0 saturated carbocycles. The first kappa shape index (κ1) is 85.1. The molecule has 8 nitrogen and oxygen atoms in total. The van der Waals surface area contributed by atoms with Crippen molar-refractivity contribution < 1.29 is 32.9 Å². The van der Waals surface area contributed by atoms with Gasteiger partial charge in [-0.25, -0.2) is 4.57 Å². The quantitative estimate of drug-likeness (QED) is 0.0243. The van der Waals surface area contributed by atoms with E-state index in [1.165, 1.54) is 148 Å². The topological polar surface area (TPSA) is 105 Å². The summed E-state index contributed by atoms with van der Waals surface area (Å²) in [5.41, 5.74) is 0. The molecule has 0 rings (SSSR count). The number of amides is 1. The molecule has 3 atom stereocenters. The molecule has 0 spiro atoms. The third-order valence-corrected chi connectivity index (χ3v) is 16.5. The summed E-state index contributed by atoms with van der Waals surface area (Å²) in [6.07, 6.45) is 107. The Morgan fingerprint density at radius 1 is 0.393 bits per heavy atom. The number of phosphoric acid groups is 1. The standard InChI is InChI=1S/C80H137N2O6P/c1-6-8-10-12-14-16-18-20-22-24-26-28-30-32-34-35-36-37-38-39-40-41-42-43-44-45-46-47-48-50-52-54-56-58-60-62-64-66-68-70-72-74-80(84)81-78(77-88-89(85,86)87-76-75-82(3,4)5)79(83)73-71-69-67-65-63-61-59-57-55-53-51-49-33-31-29-27-25-23-21-19-17-15-13-11-9-7-2/h8,10,14,16,20,22,26,28,32,34,36-37,39-40,42-43,45-46,48,50,54,56,63,65,71,73,78-79,83H,6-7,9,11-13,15,17-19,21,23-25,27,29-31,33,35,38,41,44,47,49,51-53,55,57-62,64,66-70,72,74-77H2,1-5H3,(H-,81,84,85,86)/p+1/b10-8-,16-14-,22-20-,28-26-,34-32-,37-36-,40-39-,43-42-,46-45-,50-48-,56-54-,65-63+,73-71+. The van der Waals surface area contributed by atoms with Crippen molar-refractivity contribution in [1.29, 1.82) is 0 Å². The molecule has 0 aliphatic carbocycles. The lowest BCUT2D eigenvalue weighted by atomic mass is 10.0. The summed E-state index contributed by atoms with van der Waals surface area (Å²) in [5.74, 6) is -0.202. The van der Waals surface area contributed by atoms with Crippen molar-refractivity contribution in [2.45, 2.75) is 302 Å². The summed E-state index contributed by atoms with van der Waals surface area (Å²) in [4.78, 5) is 23.4. The fourth-order valence-electron chi connectivity index (χ4n) is 9.89. The number of allylic oxidation sites excluding steroid dienone is 25. The first-order chi connectivity index (χ1) is 43.5. The van der Waals surface area contributed by atoms with Gasteiger partial charge in [-0.1, -0.05) is 326 Å². The number of rotatable bonds is 65. The van der Waals surface area contributed by atoms with Crippen LogP contribution in [0.1, 0.15) is 290 Å². The van der Waals surface area contributed by atoms with Crippen LogP contribution < -0.4 is 5.32 Å². The van der Waals surface area contributed by atoms with Crippen LogP contribution in [0.3, 0.4) is 0 Å². The molecule has 0 aliphatic rings. The van der Waals surface area contributed by atoms with Crippen LogP contribution in [0.5, 0.6) is 0 Å². The summed E-state index contributed by atoms with van der Waals surface area (Å²) in [6.45, 7) is 4.68. The largest absolute Gasteiger partial charge is 0.472 e. The molecule has 0 saturated heterocycles. The minimum absolute atomic E-state index is 0.0463. The Labute approximate surface area is 550 Å². The number of carbonyl (C=O) groups excluding carboxylic acids is 1. The minimum atomic E-state index is -4.38. The van der Waals surface area contributed by atoms with Crippen LogP contribution in [0.2, 0.25) is 0 Å². The molecule has 89 heavy (non-hydrogen) atoms. The molecule has 0 heterocycles. The summed E-state index contributed by atoms with van der Waals surface area (Å²) in [6, 6.07) is -0.883. The lowest BCUT2D eigenvalue weighted by molar-refractivity contribution is -0.870. The van der Waals surface area contributed by atoms with E-state index in [1.807, 2.05) is 27.2 Å². The van der Waals surface area contributed by atoms with Gasteiger partial charge in [-0.15, -0.1) is 0 Å². The maximum absolute atomic E-state index is 13.1. The second-order valence-electron chi connectivity index (χ2n) is 25.2. The monoisotopic (exact) mass is 1250 g/mol. The highest BCUT2D eigenvalue weighted by molar-refractivity contribution is 7.47. The Morgan fingerprint density at radius 2 is 0.685 bits per heavy atom. The van der Waals surface area contributed by atoms with Gasteiger partial charge < -0.3 is 19.8 Å². The Hall–Kier alpha value is -3.88. The van der Waals surface area contributed by atoms with Crippen molar-refractivity contribution in [1.82, 2.24) is 5.32 Å². The first-order valence-corrected chi connectivity index (χ1v) is 37.9. The van der Waals surface area contributed by atoms with E-state index in [0.717, 1.165) is 122 Å². The van der Waals surface area contributed by atoms with Gasteiger partial charge in [0.15, 0.2) is 0 Å². The van der Waals surface area contributed by atoms with Crippen LogP contribution in [-0.4, -0.2) is 73.4 Å². The van der Waals surface area contributed by atoms with Gasteiger partial charge in [0.2, 0.25) is 5.91 Å². The molecule has 0 aromatic rings. The van der Waals surface area contributed by atoms with Crippen LogP contribution in [-0.2, 0) is 18.4 Å². The van der Waals surface area contributed by atoms with E-state index < -0.39 is 20.0 Å². The molecule has 0 radical (unpaired) electrons. The smallest absolute Gasteiger partial charge is 0.387 e. The van der Waals surface area contributed by atoms with Crippen molar-refractivity contribution in [3.63, 3.8) is 0 Å². The van der Waals surface area contributed by atoms with Crippen molar-refractivity contribution in [3.8, 4) is 0 Å². The molecule has 0 bridgehead atoms. The van der Waals surface area contributed by atoms with E-state index in [9.17, 15) is 19.4 Å². The number of aliphatic hydroxyl groups excluding tert-OH is 1. The second kappa shape index (κ2) is 68.5. The fraction of sp³-hybridized carbons (Fsp3) is 0.662. The molecule has 0 aliphatic heterocycles. The van der Waals surface area contributed by atoms with Gasteiger partial charge in [-0.05, 0) is 116 Å². The van der Waals surface area contributed by atoms with Gasteiger partial charge in [0.1, 0.15) is 13.2 Å². The molecule has 3 unspecified atom stereocenters. The summed E-state index contributed by atoms with van der Waals surface area (Å²) < 4.78 is 23.8. The normalized spacial score (nSPS) is 14.6. The summed E-state index contributed by atoms with van der Waals surface area (Å²) in [7, 11) is 1.53. The fourth-order valence-corrected chi connectivity index (χ4v) is 10.6. The molecule has 9 heteroatoms. The number of nitrogens with zero attached hydrogens (tertiary/aromatic N) is 1. The Balaban J connectivity index is 4.18. The third-order valence-electron chi connectivity index (χ3n) is 15.5. The average molecular weight is 1250 g/mol. The van der Waals surface area contributed by atoms with Crippen molar-refractivity contribution in [3.05, 3.63) is 158 Å². The maximum atomic E-state index is 13.1. The highest BCUT2D eigenvalue weighted by Crippen LogP contribution is 2.43. The predicted molar refractivity (Wildman–Crippen MR) is 391 cm³/mol. The van der Waals surface area contributed by atoms with Gasteiger partial charge in [0.05, 0.1) is 39.9 Å². The van der Waals surface area contributed by atoms with E-state index in [1.54, 1.807) is 6.08 Å². The van der Waals surface area contributed by atoms with Crippen LogP contribution >= 0.6 is 7.82 Å². The van der Waals surface area contributed by atoms with Crippen molar-refractivity contribution >= 4 is 13.7 Å². The van der Waals surface area contributed by atoms with Gasteiger partial charge in [-0.2, -0.15) is 0 Å². The molecule has 0 aromatic carbocycles. The number of aliphatic hydroxyl groups is 1. The molecule has 508 valence electrons. The zero-order valence-corrected chi connectivity index (χ0v) is 59.0. The van der Waals surface area contributed by atoms with Crippen molar-refractivity contribution in [2.75, 3.05) is 40.9 Å². The molecule has 0 aromatic heterocycles. The number of likely N-dealkylation sites (N-methyl/N-ethyl adjacent to an activating group) is 1. The molecule has 1 amide bonds. The zero-order chi connectivity index (χ0) is 64.8. The van der Waals surface area contributed by atoms with Crippen LogP contribution in [0, 0.1) is 0 Å². The summed E-state index contributed by atoms with van der Waals surface area (Å²) >= 11 is 0. The van der Waals surface area contributed by atoms with E-state index >= 15 is 0 Å². The Kier molecular flexibility index (Phi) is 65.5. The average Bonchev–Trinajstić information content (AvgIpc) is 3.61. The van der Waals surface area contributed by atoms with E-state index in [-0.39, 0.29) is 19.1 Å². The van der Waals surface area contributed by atoms with Gasteiger partial charge in [-0.3, -0.25) is 13.8 Å². The van der Waals surface area contributed by atoms with Crippen LogP contribution in [0.4, 0.5) is 0 Å². The number of phosphoric ester groups is 1. The van der Waals surface area contributed by atoms with E-state index in [2.05, 4.69) is 165 Å². The van der Waals surface area contributed by atoms with Gasteiger partial charge in [0, 0.05) is 6.42 Å². The summed E-state index contributed by atoms with van der Waals surface area (Å²) in [5, 5.41) is 14.0. The number of carbonyl (C=O) groups is 1. The zero-order valence-electron chi connectivity index (χ0n) is 58.1. The maximum Gasteiger partial charge on any atom is 0.472 e. The number of unbranched alkanes of at least 4 members (excludes halogenated alkanes) is 28. The van der Waals surface area contributed by atoms with E-state index in [0.29, 0.717) is 17.4 Å². The second-order valence-corrected chi connectivity index (χ2v) is 26.7. The van der Waals surface area contributed by atoms with Crippen molar-refractivity contribution in [2.24, 2.45) is 0 Å². The minimum Gasteiger partial charge on any atom is -0.387 e. The molecule has 3 N–H and O–H groups in total. The van der Waals surface area contributed by atoms with Crippen LogP contribution in [0.25, 0.3) is 0 Å². The lowest BCUT2D eigenvalue weighted by Crippen LogP contribution is -2.45. The Bertz CT molecular complexity index is 2010. The highest BCUT2D eigenvalue weighted by atomic mass is 31.2. The molecular weight excluding hydrogens is 1120 g/mol.